The largest absolute Gasteiger partial charge is 0.481 e. The highest BCUT2D eigenvalue weighted by molar-refractivity contribution is 5.77. The minimum atomic E-state index is -0.826. The van der Waals surface area contributed by atoms with Crippen LogP contribution in [-0.2, 0) is 9.53 Å². The summed E-state index contributed by atoms with van der Waals surface area (Å²) in [6.07, 6.45) is 3.75. The zero-order valence-corrected chi connectivity index (χ0v) is 13.0. The van der Waals surface area contributed by atoms with Gasteiger partial charge >= 0.3 is 12.1 Å². The van der Waals surface area contributed by atoms with Crippen molar-refractivity contribution in [1.82, 2.24) is 5.32 Å². The number of ether oxygens (including phenoxy) is 1. The number of unbranched alkanes of at least 4 members (excludes halogenated alkanes) is 1. The fourth-order valence-electron chi connectivity index (χ4n) is 2.47. The van der Waals surface area contributed by atoms with Crippen LogP contribution in [0, 0.1) is 11.3 Å². The summed E-state index contributed by atoms with van der Waals surface area (Å²) in [7, 11) is 0. The molecule has 0 bridgehead atoms. The molecule has 116 valence electrons. The number of nitrogens with one attached hydrogen (secondary N) is 1. The second-order valence-corrected chi connectivity index (χ2v) is 6.69. The van der Waals surface area contributed by atoms with Crippen LogP contribution < -0.4 is 5.32 Å². The maximum absolute atomic E-state index is 11.7. The first-order valence-electron chi connectivity index (χ1n) is 7.41. The van der Waals surface area contributed by atoms with E-state index in [4.69, 9.17) is 4.74 Å². The topological polar surface area (TPSA) is 75.6 Å². The molecule has 0 heterocycles. The van der Waals surface area contributed by atoms with Gasteiger partial charge in [0, 0.05) is 6.54 Å². The lowest BCUT2D eigenvalue weighted by molar-refractivity contribution is -0.150. The number of hydrogen-bond donors (Lipinski definition) is 2. The Morgan fingerprint density at radius 3 is 2.30 bits per heavy atom. The van der Waals surface area contributed by atoms with Crippen LogP contribution in [-0.4, -0.2) is 29.3 Å². The van der Waals surface area contributed by atoms with Crippen molar-refractivity contribution < 1.29 is 19.4 Å². The quantitative estimate of drug-likeness (QED) is 0.753. The first-order chi connectivity index (χ1) is 9.21. The van der Waals surface area contributed by atoms with Crippen LogP contribution in [0.5, 0.6) is 0 Å². The summed E-state index contributed by atoms with van der Waals surface area (Å²) < 4.78 is 5.17. The Hall–Kier alpha value is -1.26. The van der Waals surface area contributed by atoms with Crippen molar-refractivity contribution in [2.24, 2.45) is 11.3 Å². The average Bonchev–Trinajstić information content (AvgIpc) is 3.11. The van der Waals surface area contributed by atoms with Crippen molar-refractivity contribution in [2.45, 2.75) is 65.4 Å². The van der Waals surface area contributed by atoms with Crippen LogP contribution in [0.1, 0.15) is 59.8 Å². The van der Waals surface area contributed by atoms with Gasteiger partial charge in [-0.2, -0.15) is 0 Å². The van der Waals surface area contributed by atoms with Crippen LogP contribution in [0.4, 0.5) is 4.79 Å². The highest BCUT2D eigenvalue weighted by Gasteiger charge is 2.50. The summed E-state index contributed by atoms with van der Waals surface area (Å²) in [6.45, 7) is 7.56. The summed E-state index contributed by atoms with van der Waals surface area (Å²) in [4.78, 5) is 23.4. The molecule has 20 heavy (non-hydrogen) atoms. The number of aliphatic carboxylic acids is 1. The lowest BCUT2D eigenvalue weighted by Gasteiger charge is -2.30. The van der Waals surface area contributed by atoms with Crippen LogP contribution in [0.25, 0.3) is 0 Å². The van der Waals surface area contributed by atoms with E-state index >= 15 is 0 Å². The highest BCUT2D eigenvalue weighted by atomic mass is 16.6. The number of carboxylic acids is 1. The molecule has 2 N–H and O–H groups in total. The molecular formula is C15H27NO4. The molecule has 0 aromatic rings. The van der Waals surface area contributed by atoms with Crippen molar-refractivity contribution >= 4 is 12.1 Å². The second-order valence-electron chi connectivity index (χ2n) is 6.69. The van der Waals surface area contributed by atoms with E-state index in [1.54, 1.807) is 20.8 Å². The maximum atomic E-state index is 11.7. The SMILES string of the molecule is CCCCC(CNC(=O)OC(C)(C)C)(C(=O)O)C1CC1. The van der Waals surface area contributed by atoms with E-state index in [2.05, 4.69) is 5.32 Å². The summed E-state index contributed by atoms with van der Waals surface area (Å²) >= 11 is 0. The Morgan fingerprint density at radius 2 is 1.90 bits per heavy atom. The van der Waals surface area contributed by atoms with Gasteiger partial charge in [0.25, 0.3) is 0 Å². The van der Waals surface area contributed by atoms with Crippen molar-refractivity contribution in [3.8, 4) is 0 Å². The minimum Gasteiger partial charge on any atom is -0.481 e. The number of carbonyl (C=O) groups excluding carboxylic acids is 1. The Balaban J connectivity index is 2.65. The predicted molar refractivity (Wildman–Crippen MR) is 76.6 cm³/mol. The third kappa shape index (κ3) is 4.69. The van der Waals surface area contributed by atoms with Gasteiger partial charge in [-0.15, -0.1) is 0 Å². The summed E-state index contributed by atoms with van der Waals surface area (Å²) in [5, 5.41) is 12.3. The van der Waals surface area contributed by atoms with E-state index < -0.39 is 23.1 Å². The van der Waals surface area contributed by atoms with E-state index in [0.717, 1.165) is 25.7 Å². The molecule has 0 aliphatic heterocycles. The van der Waals surface area contributed by atoms with Crippen LogP contribution in [0.2, 0.25) is 0 Å². The van der Waals surface area contributed by atoms with Crippen molar-refractivity contribution in [1.29, 1.82) is 0 Å². The normalized spacial score (nSPS) is 18.2. The number of rotatable bonds is 7. The molecule has 0 radical (unpaired) electrons. The molecule has 1 rings (SSSR count). The third-order valence-corrected chi connectivity index (χ3v) is 3.71. The zero-order chi connectivity index (χ0) is 15.4. The molecule has 5 nitrogen and oxygen atoms in total. The number of carbonyl (C=O) groups is 2. The lowest BCUT2D eigenvalue weighted by Crippen LogP contribution is -2.46. The molecule has 5 heteroatoms. The lowest BCUT2D eigenvalue weighted by atomic mass is 9.78. The molecule has 1 aliphatic rings. The average molecular weight is 285 g/mol. The van der Waals surface area contributed by atoms with Crippen LogP contribution >= 0.6 is 0 Å². The van der Waals surface area contributed by atoms with Crippen molar-refractivity contribution in [2.75, 3.05) is 6.54 Å². The summed E-state index contributed by atoms with van der Waals surface area (Å²) in [6, 6.07) is 0. The number of carboxylic acid groups (broad SMARTS) is 1. The van der Waals surface area contributed by atoms with Gasteiger partial charge in [-0.25, -0.2) is 4.79 Å². The Morgan fingerprint density at radius 1 is 1.30 bits per heavy atom. The van der Waals surface area contributed by atoms with E-state index in [9.17, 15) is 14.7 Å². The van der Waals surface area contributed by atoms with Crippen LogP contribution in [0.3, 0.4) is 0 Å². The third-order valence-electron chi connectivity index (χ3n) is 3.71. The smallest absolute Gasteiger partial charge is 0.407 e. The summed E-state index contributed by atoms with van der Waals surface area (Å²) in [5.41, 5.74) is -1.40. The van der Waals surface area contributed by atoms with Gasteiger partial charge < -0.3 is 15.2 Å². The highest BCUT2D eigenvalue weighted by Crippen LogP contribution is 2.48. The van der Waals surface area contributed by atoms with Crippen molar-refractivity contribution in [3.63, 3.8) is 0 Å². The molecule has 0 spiro atoms. The van der Waals surface area contributed by atoms with Gasteiger partial charge in [-0.3, -0.25) is 4.79 Å². The molecule has 1 fully saturated rings. The maximum Gasteiger partial charge on any atom is 0.407 e. The molecule has 0 saturated heterocycles. The molecule has 1 amide bonds. The van der Waals surface area contributed by atoms with Crippen molar-refractivity contribution in [3.05, 3.63) is 0 Å². The van der Waals surface area contributed by atoms with Gasteiger partial charge in [0.15, 0.2) is 0 Å². The molecule has 1 aliphatic carbocycles. The molecule has 0 aromatic carbocycles. The van der Waals surface area contributed by atoms with E-state index in [-0.39, 0.29) is 12.5 Å². The van der Waals surface area contributed by atoms with Gasteiger partial charge in [0.2, 0.25) is 0 Å². The fourth-order valence-corrected chi connectivity index (χ4v) is 2.47. The number of hydrogen-bond acceptors (Lipinski definition) is 3. The first-order valence-corrected chi connectivity index (χ1v) is 7.41. The molecular weight excluding hydrogens is 258 g/mol. The van der Waals surface area contributed by atoms with Crippen LogP contribution in [0.15, 0.2) is 0 Å². The Kier molecular flexibility index (Phi) is 5.42. The molecule has 1 saturated carbocycles. The molecule has 0 aromatic heterocycles. The van der Waals surface area contributed by atoms with E-state index in [1.165, 1.54) is 0 Å². The second kappa shape index (κ2) is 6.46. The Bertz CT molecular complexity index is 357. The zero-order valence-electron chi connectivity index (χ0n) is 13.0. The molecule has 1 atom stereocenters. The van der Waals surface area contributed by atoms with E-state index in [1.807, 2.05) is 6.92 Å². The van der Waals surface area contributed by atoms with E-state index in [0.29, 0.717) is 6.42 Å². The van der Waals surface area contributed by atoms with Gasteiger partial charge in [-0.05, 0) is 46.0 Å². The first kappa shape index (κ1) is 16.8. The standard InChI is InChI=1S/C15H27NO4/c1-5-6-9-15(12(17)18,11-7-8-11)10-16-13(19)20-14(2,3)4/h11H,5-10H2,1-4H3,(H,16,19)(H,17,18). The summed E-state index contributed by atoms with van der Waals surface area (Å²) in [5.74, 6) is -0.619. The monoisotopic (exact) mass is 285 g/mol. The molecule has 1 unspecified atom stereocenters. The van der Waals surface area contributed by atoms with Gasteiger partial charge in [0.1, 0.15) is 5.60 Å². The number of amides is 1. The fraction of sp³-hybridized carbons (Fsp3) is 0.867. The predicted octanol–water partition coefficient (Wildman–Crippen LogP) is 3.18. The van der Waals surface area contributed by atoms with Gasteiger partial charge in [0.05, 0.1) is 5.41 Å². The minimum absolute atomic E-state index is 0.155. The number of alkyl carbamates (subject to hydrolysis) is 1. The van der Waals surface area contributed by atoms with Gasteiger partial charge in [-0.1, -0.05) is 19.8 Å². The Labute approximate surface area is 121 Å².